The van der Waals surface area contributed by atoms with Gasteiger partial charge >= 0.3 is 6.03 Å². The van der Waals surface area contributed by atoms with Crippen molar-refractivity contribution in [1.29, 1.82) is 5.41 Å². The molecule has 4 N–H and O–H groups in total. The Morgan fingerprint density at radius 1 is 1.50 bits per heavy atom. The molecule has 0 spiro atoms. The summed E-state index contributed by atoms with van der Waals surface area (Å²) < 4.78 is 0. The number of nitrogen functional groups attached to an aromatic ring is 1. The number of carbonyl (C=O) groups excluding carboxylic acids is 1. The third-order valence-electron chi connectivity index (χ3n) is 2.42. The minimum absolute atomic E-state index is 0.0335. The second kappa shape index (κ2) is 6.05. The highest BCUT2D eigenvalue weighted by molar-refractivity contribution is 5.95. The van der Waals surface area contributed by atoms with E-state index < -0.39 is 0 Å². The molecule has 0 atom stereocenters. The predicted molar refractivity (Wildman–Crippen MR) is 72.6 cm³/mol. The van der Waals surface area contributed by atoms with Crippen molar-refractivity contribution >= 4 is 11.9 Å². The summed E-state index contributed by atoms with van der Waals surface area (Å²) >= 11 is 0. The Kier molecular flexibility index (Phi) is 4.71. The molecule has 0 aromatic heterocycles. The summed E-state index contributed by atoms with van der Waals surface area (Å²) in [5.41, 5.74) is 7.05. The summed E-state index contributed by atoms with van der Waals surface area (Å²) in [6.07, 6.45) is 0. The van der Waals surface area contributed by atoms with Crippen molar-refractivity contribution in [3.8, 4) is 0 Å². The molecule has 2 amide bonds. The molecular weight excluding hydrogens is 228 g/mol. The Morgan fingerprint density at radius 2 is 2.17 bits per heavy atom. The lowest BCUT2D eigenvalue weighted by molar-refractivity contribution is 0.204. The van der Waals surface area contributed by atoms with E-state index in [0.717, 1.165) is 5.56 Å². The van der Waals surface area contributed by atoms with Gasteiger partial charge in [0.15, 0.2) is 0 Å². The summed E-state index contributed by atoms with van der Waals surface area (Å²) in [5.74, 6) is 0.0335. The zero-order chi connectivity index (χ0) is 13.7. The van der Waals surface area contributed by atoms with Crippen molar-refractivity contribution in [3.63, 3.8) is 0 Å². The highest BCUT2D eigenvalue weighted by Crippen LogP contribution is 2.07. The average Bonchev–Trinajstić information content (AvgIpc) is 2.28. The molecule has 1 rings (SSSR count). The maximum atomic E-state index is 11.7. The van der Waals surface area contributed by atoms with Crippen molar-refractivity contribution in [1.82, 2.24) is 10.2 Å². The van der Waals surface area contributed by atoms with Gasteiger partial charge in [-0.25, -0.2) is 4.79 Å². The monoisotopic (exact) mass is 248 g/mol. The van der Waals surface area contributed by atoms with Gasteiger partial charge in [0.25, 0.3) is 0 Å². The normalized spacial score (nSPS) is 10.2. The van der Waals surface area contributed by atoms with Crippen molar-refractivity contribution < 1.29 is 4.79 Å². The standard InChI is InChI=1S/C13H20N4O/c1-9(2)16-13(18)17(3)8-10-5-4-6-11(7-10)12(14)15/h4-7,9H,8H2,1-3H3,(H3,14,15)(H,16,18). The number of amides is 2. The van der Waals surface area contributed by atoms with Gasteiger partial charge in [0.05, 0.1) is 0 Å². The first-order valence-electron chi connectivity index (χ1n) is 5.85. The van der Waals surface area contributed by atoms with Crippen LogP contribution in [0.3, 0.4) is 0 Å². The smallest absolute Gasteiger partial charge is 0.317 e. The highest BCUT2D eigenvalue weighted by atomic mass is 16.2. The maximum Gasteiger partial charge on any atom is 0.317 e. The van der Waals surface area contributed by atoms with Crippen LogP contribution in [0.1, 0.15) is 25.0 Å². The van der Waals surface area contributed by atoms with Gasteiger partial charge in [0, 0.05) is 25.2 Å². The number of nitrogens with zero attached hydrogens (tertiary/aromatic N) is 1. The highest BCUT2D eigenvalue weighted by Gasteiger charge is 2.10. The minimum atomic E-state index is -0.113. The van der Waals surface area contributed by atoms with Crippen LogP contribution in [-0.2, 0) is 6.54 Å². The quantitative estimate of drug-likeness (QED) is 0.557. The Hall–Kier alpha value is -2.04. The van der Waals surface area contributed by atoms with Gasteiger partial charge in [-0.15, -0.1) is 0 Å². The van der Waals surface area contributed by atoms with E-state index in [1.807, 2.05) is 32.0 Å². The van der Waals surface area contributed by atoms with Gasteiger partial charge in [-0.05, 0) is 25.5 Å². The fourth-order valence-corrected chi connectivity index (χ4v) is 1.54. The molecular formula is C13H20N4O. The molecule has 5 nitrogen and oxygen atoms in total. The zero-order valence-corrected chi connectivity index (χ0v) is 11.0. The van der Waals surface area contributed by atoms with E-state index >= 15 is 0 Å². The molecule has 0 unspecified atom stereocenters. The van der Waals surface area contributed by atoms with E-state index in [1.165, 1.54) is 0 Å². The number of hydrogen-bond donors (Lipinski definition) is 3. The molecule has 0 heterocycles. The fourth-order valence-electron chi connectivity index (χ4n) is 1.54. The molecule has 0 saturated heterocycles. The van der Waals surface area contributed by atoms with Crippen LogP contribution in [0.25, 0.3) is 0 Å². The second-order valence-corrected chi connectivity index (χ2v) is 4.57. The first kappa shape index (κ1) is 14.0. The number of carbonyl (C=O) groups is 1. The lowest BCUT2D eigenvalue weighted by atomic mass is 10.1. The molecule has 5 heteroatoms. The summed E-state index contributed by atoms with van der Waals surface area (Å²) in [6, 6.07) is 7.34. The number of urea groups is 1. The van der Waals surface area contributed by atoms with Crippen LogP contribution in [0.4, 0.5) is 4.79 Å². The number of rotatable bonds is 4. The van der Waals surface area contributed by atoms with Crippen molar-refractivity contribution in [2.75, 3.05) is 7.05 Å². The number of hydrogen-bond acceptors (Lipinski definition) is 2. The van der Waals surface area contributed by atoms with E-state index in [-0.39, 0.29) is 17.9 Å². The molecule has 98 valence electrons. The van der Waals surface area contributed by atoms with Gasteiger partial charge < -0.3 is 16.0 Å². The minimum Gasteiger partial charge on any atom is -0.384 e. The molecule has 18 heavy (non-hydrogen) atoms. The van der Waals surface area contributed by atoms with Gasteiger partial charge in [-0.1, -0.05) is 18.2 Å². The lowest BCUT2D eigenvalue weighted by Crippen LogP contribution is -2.40. The summed E-state index contributed by atoms with van der Waals surface area (Å²) in [5, 5.41) is 10.2. The Morgan fingerprint density at radius 3 is 2.72 bits per heavy atom. The molecule has 0 saturated carbocycles. The molecule has 0 aliphatic heterocycles. The first-order valence-corrected chi connectivity index (χ1v) is 5.85. The number of amidine groups is 1. The van der Waals surface area contributed by atoms with Crippen molar-refractivity contribution in [2.45, 2.75) is 26.4 Å². The number of nitrogens with one attached hydrogen (secondary N) is 2. The maximum absolute atomic E-state index is 11.7. The Bertz CT molecular complexity index is 442. The fraction of sp³-hybridized carbons (Fsp3) is 0.385. The molecule has 1 aromatic carbocycles. The number of benzene rings is 1. The van der Waals surface area contributed by atoms with E-state index in [9.17, 15) is 4.79 Å². The van der Waals surface area contributed by atoms with Crippen LogP contribution in [0.5, 0.6) is 0 Å². The van der Waals surface area contributed by atoms with E-state index in [1.54, 1.807) is 18.0 Å². The molecule has 0 aliphatic carbocycles. The van der Waals surface area contributed by atoms with Crippen LogP contribution < -0.4 is 11.1 Å². The SMILES string of the molecule is CC(C)NC(=O)N(C)Cc1cccc(C(=N)N)c1. The molecule has 0 aliphatic rings. The van der Waals surface area contributed by atoms with Crippen LogP contribution in [-0.4, -0.2) is 29.9 Å². The Labute approximate surface area is 107 Å². The van der Waals surface area contributed by atoms with E-state index in [4.69, 9.17) is 11.1 Å². The van der Waals surface area contributed by atoms with Gasteiger partial charge in [0.2, 0.25) is 0 Å². The van der Waals surface area contributed by atoms with Gasteiger partial charge in [-0.3, -0.25) is 5.41 Å². The topological polar surface area (TPSA) is 82.2 Å². The lowest BCUT2D eigenvalue weighted by Gasteiger charge is -2.20. The van der Waals surface area contributed by atoms with Crippen LogP contribution in [0.15, 0.2) is 24.3 Å². The third kappa shape index (κ3) is 4.08. The second-order valence-electron chi connectivity index (χ2n) is 4.57. The first-order chi connectivity index (χ1) is 8.40. The predicted octanol–water partition coefficient (Wildman–Crippen LogP) is 1.52. The average molecular weight is 248 g/mol. The summed E-state index contributed by atoms with van der Waals surface area (Å²) in [7, 11) is 1.73. The number of nitrogens with two attached hydrogens (primary N) is 1. The van der Waals surface area contributed by atoms with Crippen molar-refractivity contribution in [3.05, 3.63) is 35.4 Å². The van der Waals surface area contributed by atoms with Crippen molar-refractivity contribution in [2.24, 2.45) is 5.73 Å². The Balaban J connectivity index is 2.69. The van der Waals surface area contributed by atoms with Crippen LogP contribution in [0.2, 0.25) is 0 Å². The molecule has 0 radical (unpaired) electrons. The third-order valence-corrected chi connectivity index (χ3v) is 2.42. The van der Waals surface area contributed by atoms with E-state index in [0.29, 0.717) is 12.1 Å². The van der Waals surface area contributed by atoms with Gasteiger partial charge in [-0.2, -0.15) is 0 Å². The molecule has 0 fully saturated rings. The summed E-state index contributed by atoms with van der Waals surface area (Å²) in [6.45, 7) is 4.32. The zero-order valence-electron chi connectivity index (χ0n) is 11.0. The van der Waals surface area contributed by atoms with Gasteiger partial charge in [0.1, 0.15) is 5.84 Å². The summed E-state index contributed by atoms with van der Waals surface area (Å²) in [4.78, 5) is 13.3. The van der Waals surface area contributed by atoms with Crippen LogP contribution in [0, 0.1) is 5.41 Å². The molecule has 1 aromatic rings. The largest absolute Gasteiger partial charge is 0.384 e. The molecule has 0 bridgehead atoms. The van der Waals surface area contributed by atoms with Crippen LogP contribution >= 0.6 is 0 Å². The van der Waals surface area contributed by atoms with E-state index in [2.05, 4.69) is 5.32 Å².